The van der Waals surface area contributed by atoms with Gasteiger partial charge >= 0.3 is 0 Å². The van der Waals surface area contributed by atoms with Gasteiger partial charge in [0.05, 0.1) is 10.0 Å². The highest BCUT2D eigenvalue weighted by atomic mass is 35.5. The second-order valence-corrected chi connectivity index (χ2v) is 8.41. The first-order valence-electron chi connectivity index (χ1n) is 8.66. The van der Waals surface area contributed by atoms with E-state index in [4.69, 9.17) is 23.2 Å². The Balaban J connectivity index is 1.64. The number of rotatable bonds is 4. The number of nitrogens with one attached hydrogen (secondary N) is 1. The molecule has 5 heteroatoms. The minimum Gasteiger partial charge on any atom is -0.306 e. The number of halogens is 2. The van der Waals surface area contributed by atoms with E-state index in [2.05, 4.69) is 35.6 Å². The summed E-state index contributed by atoms with van der Waals surface area (Å²) in [6.45, 7) is 0.697. The zero-order valence-corrected chi connectivity index (χ0v) is 16.7. The Morgan fingerprint density at radius 3 is 2.67 bits per heavy atom. The third kappa shape index (κ3) is 4.07. The molecule has 136 valence electrons. The highest BCUT2D eigenvalue weighted by Crippen LogP contribution is 2.41. The monoisotopic (exact) mass is 413 g/mol. The zero-order chi connectivity index (χ0) is 18.8. The van der Waals surface area contributed by atoms with Gasteiger partial charge in [0.25, 0.3) is 0 Å². The van der Waals surface area contributed by atoms with Gasteiger partial charge in [-0.25, -0.2) is 0 Å². The maximum atomic E-state index is 11.2. The fraction of sp³-hybridized carbons (Fsp3) is 0.136. The highest BCUT2D eigenvalue weighted by Gasteiger charge is 2.22. The second-order valence-electron chi connectivity index (χ2n) is 6.51. The van der Waals surface area contributed by atoms with Gasteiger partial charge in [-0.2, -0.15) is 0 Å². The maximum Gasteiger partial charge on any atom is 0.150 e. The smallest absolute Gasteiger partial charge is 0.150 e. The summed E-state index contributed by atoms with van der Waals surface area (Å²) in [5.41, 5.74) is 4.32. The van der Waals surface area contributed by atoms with Gasteiger partial charge < -0.3 is 5.32 Å². The summed E-state index contributed by atoms with van der Waals surface area (Å²) in [6, 6.07) is 20.2. The predicted molar refractivity (Wildman–Crippen MR) is 112 cm³/mol. The van der Waals surface area contributed by atoms with Gasteiger partial charge in [-0.05, 0) is 47.4 Å². The van der Waals surface area contributed by atoms with Gasteiger partial charge in [-0.3, -0.25) is 4.79 Å². The molecular formula is C22H17Cl2NOS. The van der Waals surface area contributed by atoms with Crippen LogP contribution in [0.1, 0.15) is 33.1 Å². The molecule has 1 N–H and O–H groups in total. The van der Waals surface area contributed by atoms with E-state index in [1.807, 2.05) is 30.3 Å². The van der Waals surface area contributed by atoms with Crippen molar-refractivity contribution in [2.24, 2.45) is 0 Å². The molecule has 2 nitrogen and oxygen atoms in total. The van der Waals surface area contributed by atoms with E-state index >= 15 is 0 Å². The lowest BCUT2D eigenvalue weighted by Crippen LogP contribution is -2.23. The van der Waals surface area contributed by atoms with Crippen LogP contribution < -0.4 is 5.32 Å². The van der Waals surface area contributed by atoms with Crippen LogP contribution in [-0.2, 0) is 13.0 Å². The van der Waals surface area contributed by atoms with Crippen molar-refractivity contribution in [1.82, 2.24) is 5.32 Å². The van der Waals surface area contributed by atoms with E-state index in [9.17, 15) is 4.79 Å². The quantitative estimate of drug-likeness (QED) is 0.505. The Morgan fingerprint density at radius 2 is 1.85 bits per heavy atom. The number of hydrogen-bond acceptors (Lipinski definition) is 3. The van der Waals surface area contributed by atoms with Gasteiger partial charge in [-0.15, -0.1) is 0 Å². The van der Waals surface area contributed by atoms with Gasteiger partial charge in [0, 0.05) is 27.9 Å². The number of fused-ring (bicyclic) bond motifs is 2. The molecular weight excluding hydrogens is 397 g/mol. The van der Waals surface area contributed by atoms with Crippen LogP contribution >= 0.6 is 35.0 Å². The summed E-state index contributed by atoms with van der Waals surface area (Å²) in [5.74, 6) is 0. The molecule has 3 aromatic rings. The standard InChI is InChI=1S/C22H17Cl2NOS/c23-18-8-6-14(9-19(18)24)12-25-20-11-16-7-5-15(13-26)10-22(16)27-21-4-2-1-3-17(20)21/h1-10,13,20,25H,11-12H2. The Labute approximate surface area is 172 Å². The van der Waals surface area contributed by atoms with E-state index in [0.29, 0.717) is 22.2 Å². The molecule has 0 aromatic heterocycles. The lowest BCUT2D eigenvalue weighted by molar-refractivity contribution is 0.112. The normalized spacial score (nSPS) is 15.6. The molecule has 27 heavy (non-hydrogen) atoms. The van der Waals surface area contributed by atoms with Gasteiger partial charge in [0.2, 0.25) is 0 Å². The average Bonchev–Trinajstić information content (AvgIpc) is 2.84. The first-order valence-corrected chi connectivity index (χ1v) is 10.2. The van der Waals surface area contributed by atoms with Crippen molar-refractivity contribution in [3.05, 3.63) is 93.0 Å². The van der Waals surface area contributed by atoms with Gasteiger partial charge in [-0.1, -0.05) is 71.4 Å². The highest BCUT2D eigenvalue weighted by molar-refractivity contribution is 7.99. The topological polar surface area (TPSA) is 29.1 Å². The van der Waals surface area contributed by atoms with Crippen LogP contribution in [-0.4, -0.2) is 6.29 Å². The van der Waals surface area contributed by atoms with Crippen LogP contribution in [0.3, 0.4) is 0 Å². The first-order chi connectivity index (χ1) is 13.1. The molecule has 1 atom stereocenters. The Kier molecular flexibility index (Phi) is 5.55. The Hall–Kier alpha value is -1.78. The summed E-state index contributed by atoms with van der Waals surface area (Å²) >= 11 is 13.9. The van der Waals surface area contributed by atoms with Crippen molar-refractivity contribution < 1.29 is 4.79 Å². The minimum absolute atomic E-state index is 0.173. The Morgan fingerprint density at radius 1 is 1.00 bits per heavy atom. The third-order valence-corrected chi connectivity index (χ3v) is 6.63. The van der Waals surface area contributed by atoms with E-state index in [1.165, 1.54) is 16.0 Å². The van der Waals surface area contributed by atoms with E-state index in [0.717, 1.165) is 23.2 Å². The molecule has 1 aliphatic rings. The van der Waals surface area contributed by atoms with Gasteiger partial charge in [0.1, 0.15) is 6.29 Å². The molecule has 1 unspecified atom stereocenters. The summed E-state index contributed by atoms with van der Waals surface area (Å²) in [6.07, 6.45) is 1.76. The molecule has 0 fully saturated rings. The van der Waals surface area contributed by atoms with Crippen molar-refractivity contribution in [1.29, 1.82) is 0 Å². The molecule has 0 radical (unpaired) electrons. The maximum absolute atomic E-state index is 11.2. The molecule has 0 saturated carbocycles. The number of benzene rings is 3. The minimum atomic E-state index is 0.173. The van der Waals surface area contributed by atoms with Crippen LogP contribution in [0.5, 0.6) is 0 Å². The van der Waals surface area contributed by atoms with Crippen LogP contribution in [0.2, 0.25) is 10.0 Å². The first kappa shape index (κ1) is 18.6. The molecule has 1 aliphatic heterocycles. The molecule has 0 spiro atoms. The molecule has 4 rings (SSSR count). The van der Waals surface area contributed by atoms with Crippen molar-refractivity contribution in [3.63, 3.8) is 0 Å². The van der Waals surface area contributed by atoms with Gasteiger partial charge in [0.15, 0.2) is 0 Å². The SMILES string of the molecule is O=Cc1ccc2c(c1)Sc1ccccc1C(NCc1ccc(Cl)c(Cl)c1)C2. The number of hydrogen-bond donors (Lipinski definition) is 1. The largest absolute Gasteiger partial charge is 0.306 e. The summed E-state index contributed by atoms with van der Waals surface area (Å²) < 4.78 is 0. The third-order valence-electron chi connectivity index (χ3n) is 4.70. The number of carbonyl (C=O) groups is 1. The molecule has 0 aliphatic carbocycles. The van der Waals surface area contributed by atoms with Crippen LogP contribution in [0.15, 0.2) is 70.5 Å². The molecule has 3 aromatic carbocycles. The van der Waals surface area contributed by atoms with Crippen molar-refractivity contribution in [3.8, 4) is 0 Å². The number of aldehydes is 1. The molecule has 1 heterocycles. The predicted octanol–water partition coefficient (Wildman–Crippen LogP) is 6.34. The average molecular weight is 414 g/mol. The van der Waals surface area contributed by atoms with Crippen LogP contribution in [0.25, 0.3) is 0 Å². The lowest BCUT2D eigenvalue weighted by Gasteiger charge is -2.19. The fourth-order valence-corrected chi connectivity index (χ4v) is 4.80. The molecule has 0 saturated heterocycles. The van der Waals surface area contributed by atoms with E-state index < -0.39 is 0 Å². The summed E-state index contributed by atoms with van der Waals surface area (Å²) in [5, 5.41) is 4.80. The zero-order valence-electron chi connectivity index (χ0n) is 14.4. The fourth-order valence-electron chi connectivity index (χ4n) is 3.29. The van der Waals surface area contributed by atoms with Crippen LogP contribution in [0.4, 0.5) is 0 Å². The lowest BCUT2D eigenvalue weighted by atomic mass is 9.98. The van der Waals surface area contributed by atoms with Crippen molar-refractivity contribution >= 4 is 41.2 Å². The molecule has 0 bridgehead atoms. The van der Waals surface area contributed by atoms with E-state index in [-0.39, 0.29) is 6.04 Å². The second kappa shape index (κ2) is 8.07. The van der Waals surface area contributed by atoms with Crippen LogP contribution in [0, 0.1) is 0 Å². The van der Waals surface area contributed by atoms with E-state index in [1.54, 1.807) is 11.8 Å². The summed E-state index contributed by atoms with van der Waals surface area (Å²) in [4.78, 5) is 13.5. The summed E-state index contributed by atoms with van der Waals surface area (Å²) in [7, 11) is 0. The van der Waals surface area contributed by atoms with Crippen molar-refractivity contribution in [2.45, 2.75) is 28.8 Å². The van der Waals surface area contributed by atoms with Crippen molar-refractivity contribution in [2.75, 3.05) is 0 Å². The Bertz CT molecular complexity index is 1010. The molecule has 0 amide bonds. The number of carbonyl (C=O) groups excluding carboxylic acids is 1.